The molecule has 3 N–H and O–H groups in total. The molecular weight excluding hydrogens is 368 g/mol. The molecular formula is C22H22N4O3. The van der Waals surface area contributed by atoms with Crippen molar-refractivity contribution in [2.24, 2.45) is 0 Å². The Morgan fingerprint density at radius 1 is 1.00 bits per heavy atom. The number of carbonyl (C=O) groups is 2. The molecule has 0 saturated heterocycles. The summed E-state index contributed by atoms with van der Waals surface area (Å²) in [5.41, 5.74) is 3.69. The first-order valence-corrected chi connectivity index (χ1v) is 9.53. The molecule has 3 aromatic rings. The molecule has 1 aliphatic rings. The molecule has 1 heterocycles. The Hall–Kier alpha value is -3.61. The first-order valence-electron chi connectivity index (χ1n) is 9.53. The molecule has 0 spiro atoms. The van der Waals surface area contributed by atoms with Crippen LogP contribution in [0.4, 0.5) is 5.69 Å². The van der Waals surface area contributed by atoms with E-state index in [0.717, 1.165) is 24.1 Å². The summed E-state index contributed by atoms with van der Waals surface area (Å²) in [7, 11) is 0. The number of carbonyl (C=O) groups excluding carboxylic acids is 2. The third-order valence-corrected chi connectivity index (χ3v) is 5.01. The van der Waals surface area contributed by atoms with Gasteiger partial charge in [-0.25, -0.2) is 4.79 Å². The highest BCUT2D eigenvalue weighted by molar-refractivity contribution is 6.05. The third kappa shape index (κ3) is 3.99. The highest BCUT2D eigenvalue weighted by Gasteiger charge is 2.24. The smallest absolute Gasteiger partial charge is 0.330 e. The lowest BCUT2D eigenvalue weighted by Crippen LogP contribution is -2.25. The maximum Gasteiger partial charge on any atom is 0.330 e. The third-order valence-electron chi connectivity index (χ3n) is 5.01. The van der Waals surface area contributed by atoms with Crippen molar-refractivity contribution in [3.8, 4) is 5.69 Å². The van der Waals surface area contributed by atoms with Crippen LogP contribution in [-0.4, -0.2) is 27.4 Å². The quantitative estimate of drug-likeness (QED) is 0.625. The number of hydrogen-bond acceptors (Lipinski definition) is 3. The Kier molecular flexibility index (Phi) is 4.80. The number of nitrogens with zero attached hydrogens (tertiary/aromatic N) is 1. The number of anilines is 1. The zero-order chi connectivity index (χ0) is 20.5. The average molecular weight is 390 g/mol. The molecule has 7 nitrogen and oxygen atoms in total. The van der Waals surface area contributed by atoms with Gasteiger partial charge in [-0.15, -0.1) is 0 Å². The van der Waals surface area contributed by atoms with E-state index in [9.17, 15) is 14.4 Å². The minimum Gasteiger partial charge on any atom is -0.349 e. The number of aromatic nitrogens is 2. The van der Waals surface area contributed by atoms with Gasteiger partial charge in [0.1, 0.15) is 0 Å². The maximum atomic E-state index is 12.7. The molecule has 0 atom stereocenters. The number of imidazole rings is 1. The Balaban J connectivity index is 1.52. The van der Waals surface area contributed by atoms with E-state index < -0.39 is 0 Å². The first kappa shape index (κ1) is 18.7. The Bertz CT molecular complexity index is 1140. The van der Waals surface area contributed by atoms with Crippen molar-refractivity contribution >= 4 is 17.5 Å². The molecule has 0 radical (unpaired) electrons. The lowest BCUT2D eigenvalue weighted by molar-refractivity contribution is 0.0949. The van der Waals surface area contributed by atoms with Crippen molar-refractivity contribution in [1.29, 1.82) is 0 Å². The summed E-state index contributed by atoms with van der Waals surface area (Å²) in [5.74, 6) is -0.405. The first-order chi connectivity index (χ1) is 13.9. The molecule has 7 heteroatoms. The minimum atomic E-state index is -0.280. The van der Waals surface area contributed by atoms with Crippen LogP contribution in [0.2, 0.25) is 0 Å². The molecule has 1 fully saturated rings. The zero-order valence-corrected chi connectivity index (χ0v) is 16.3. The van der Waals surface area contributed by atoms with Gasteiger partial charge < -0.3 is 15.6 Å². The van der Waals surface area contributed by atoms with E-state index in [1.807, 2.05) is 19.9 Å². The van der Waals surface area contributed by atoms with E-state index in [1.54, 1.807) is 42.6 Å². The zero-order valence-electron chi connectivity index (χ0n) is 16.3. The van der Waals surface area contributed by atoms with Crippen LogP contribution in [0, 0.1) is 13.8 Å². The van der Waals surface area contributed by atoms with E-state index in [1.165, 1.54) is 4.57 Å². The van der Waals surface area contributed by atoms with Crippen LogP contribution in [0.5, 0.6) is 0 Å². The lowest BCUT2D eigenvalue weighted by atomic mass is 10.1. The minimum absolute atomic E-state index is 0.125. The van der Waals surface area contributed by atoms with Crippen molar-refractivity contribution in [2.45, 2.75) is 32.7 Å². The van der Waals surface area contributed by atoms with Crippen LogP contribution in [0.1, 0.15) is 44.8 Å². The molecule has 29 heavy (non-hydrogen) atoms. The second-order valence-electron chi connectivity index (χ2n) is 7.35. The fraction of sp³-hybridized carbons (Fsp3) is 0.227. The van der Waals surface area contributed by atoms with Gasteiger partial charge in [-0.1, -0.05) is 6.07 Å². The van der Waals surface area contributed by atoms with E-state index in [2.05, 4.69) is 15.6 Å². The van der Waals surface area contributed by atoms with Crippen molar-refractivity contribution in [2.75, 3.05) is 5.32 Å². The van der Waals surface area contributed by atoms with Crippen molar-refractivity contribution < 1.29 is 9.59 Å². The number of nitrogens with one attached hydrogen (secondary N) is 3. The average Bonchev–Trinajstić information content (AvgIpc) is 3.46. The number of H-pyrrole nitrogens is 1. The van der Waals surface area contributed by atoms with Crippen LogP contribution in [0.15, 0.2) is 53.5 Å². The predicted octanol–water partition coefficient (Wildman–Crippen LogP) is 2.93. The summed E-state index contributed by atoms with van der Waals surface area (Å²) in [6.45, 7) is 3.70. The molecule has 1 aromatic heterocycles. The van der Waals surface area contributed by atoms with Gasteiger partial charge in [-0.2, -0.15) is 0 Å². The van der Waals surface area contributed by atoms with Crippen molar-refractivity contribution in [1.82, 2.24) is 14.9 Å². The summed E-state index contributed by atoms with van der Waals surface area (Å²) < 4.78 is 1.54. The highest BCUT2D eigenvalue weighted by Crippen LogP contribution is 2.22. The summed E-state index contributed by atoms with van der Waals surface area (Å²) in [4.78, 5) is 39.5. The van der Waals surface area contributed by atoms with E-state index in [0.29, 0.717) is 22.5 Å². The number of benzene rings is 2. The highest BCUT2D eigenvalue weighted by atomic mass is 16.2. The van der Waals surface area contributed by atoms with E-state index in [-0.39, 0.29) is 23.5 Å². The normalized spacial score (nSPS) is 13.2. The predicted molar refractivity (Wildman–Crippen MR) is 111 cm³/mol. The van der Waals surface area contributed by atoms with Gasteiger partial charge in [0, 0.05) is 34.7 Å². The molecule has 2 aromatic carbocycles. The lowest BCUT2D eigenvalue weighted by Gasteiger charge is -2.11. The number of hydrogen-bond donors (Lipinski definition) is 3. The molecule has 1 saturated carbocycles. The van der Waals surface area contributed by atoms with Crippen LogP contribution in [0.25, 0.3) is 5.69 Å². The number of aryl methyl sites for hydroxylation is 2. The Morgan fingerprint density at radius 3 is 2.31 bits per heavy atom. The van der Waals surface area contributed by atoms with Crippen LogP contribution in [-0.2, 0) is 0 Å². The fourth-order valence-electron chi connectivity index (χ4n) is 3.13. The summed E-state index contributed by atoms with van der Waals surface area (Å²) in [6.07, 6.45) is 3.68. The van der Waals surface area contributed by atoms with Gasteiger partial charge >= 0.3 is 5.69 Å². The van der Waals surface area contributed by atoms with Gasteiger partial charge in [-0.3, -0.25) is 14.2 Å². The Morgan fingerprint density at radius 2 is 1.69 bits per heavy atom. The standard InChI is InChI=1S/C22H22N4O3/c1-13-3-4-16(21(28)24-17-7-8-17)11-19(13)25-20(27)15-5-9-18(10-6-15)26-14(2)12-23-22(26)29/h3-6,9-12,17H,7-8H2,1-2H3,(H,23,29)(H,24,28)(H,25,27). The van der Waals surface area contributed by atoms with Crippen LogP contribution < -0.4 is 16.3 Å². The number of rotatable bonds is 5. The molecule has 1 aliphatic carbocycles. The van der Waals surface area contributed by atoms with Gasteiger partial charge in [0.2, 0.25) is 0 Å². The molecule has 148 valence electrons. The van der Waals surface area contributed by atoms with Gasteiger partial charge in [-0.05, 0) is 68.7 Å². The maximum absolute atomic E-state index is 12.7. The molecule has 2 amide bonds. The summed E-state index contributed by atoms with van der Waals surface area (Å²) in [5, 5.41) is 5.82. The molecule has 0 aliphatic heterocycles. The van der Waals surface area contributed by atoms with Gasteiger partial charge in [0.05, 0.1) is 5.69 Å². The van der Waals surface area contributed by atoms with Crippen LogP contribution >= 0.6 is 0 Å². The fourth-order valence-corrected chi connectivity index (χ4v) is 3.13. The van der Waals surface area contributed by atoms with E-state index in [4.69, 9.17) is 0 Å². The Labute approximate surface area is 167 Å². The topological polar surface area (TPSA) is 96.0 Å². The summed E-state index contributed by atoms with van der Waals surface area (Å²) >= 11 is 0. The van der Waals surface area contributed by atoms with Gasteiger partial charge in [0.15, 0.2) is 0 Å². The van der Waals surface area contributed by atoms with Crippen molar-refractivity contribution in [3.63, 3.8) is 0 Å². The second kappa shape index (κ2) is 7.43. The van der Waals surface area contributed by atoms with Crippen LogP contribution in [0.3, 0.4) is 0 Å². The number of aromatic amines is 1. The number of amides is 2. The van der Waals surface area contributed by atoms with E-state index >= 15 is 0 Å². The second-order valence-corrected chi connectivity index (χ2v) is 7.35. The summed E-state index contributed by atoms with van der Waals surface area (Å²) in [6, 6.07) is 12.3. The van der Waals surface area contributed by atoms with Gasteiger partial charge in [0.25, 0.3) is 11.8 Å². The SMILES string of the molecule is Cc1ccc(C(=O)NC2CC2)cc1NC(=O)c1ccc(-n2c(C)c[nH]c2=O)cc1. The molecule has 0 unspecified atom stereocenters. The van der Waals surface area contributed by atoms with Crippen molar-refractivity contribution in [3.05, 3.63) is 81.5 Å². The molecule has 0 bridgehead atoms. The largest absolute Gasteiger partial charge is 0.349 e. The monoisotopic (exact) mass is 390 g/mol. The molecule has 4 rings (SSSR count).